The Labute approximate surface area is 179 Å². The molecule has 0 N–H and O–H groups in total. The van der Waals surface area contributed by atoms with Crippen molar-refractivity contribution >= 4 is 27.9 Å². The van der Waals surface area contributed by atoms with Crippen LogP contribution in [0.2, 0.25) is 0 Å². The molecule has 0 atom stereocenters. The van der Waals surface area contributed by atoms with Crippen molar-refractivity contribution in [2.45, 2.75) is 20.3 Å². The smallest absolute Gasteiger partial charge is 0.302 e. The highest BCUT2D eigenvalue weighted by Crippen LogP contribution is 2.21. The molecular weight excluding hydrogens is 394 g/mol. The van der Waals surface area contributed by atoms with E-state index in [1.54, 1.807) is 43.8 Å². The molecule has 0 amide bonds. The van der Waals surface area contributed by atoms with Crippen LogP contribution in [0.1, 0.15) is 19.4 Å². The van der Waals surface area contributed by atoms with Crippen molar-refractivity contribution in [3.63, 3.8) is 0 Å². The van der Waals surface area contributed by atoms with Crippen molar-refractivity contribution in [2.24, 2.45) is 0 Å². The first kappa shape index (κ1) is 21.8. The Hall–Kier alpha value is -3.93. The highest BCUT2D eigenvalue weighted by Gasteiger charge is 2.05. The summed E-state index contributed by atoms with van der Waals surface area (Å²) >= 11 is 0. The fraction of sp³-hybridized carbons (Fsp3) is 0.160. The zero-order valence-electron chi connectivity index (χ0n) is 17.4. The fourth-order valence-electron chi connectivity index (χ4n) is 2.94. The third kappa shape index (κ3) is 5.79. The summed E-state index contributed by atoms with van der Waals surface area (Å²) in [6, 6.07) is 17.0. The van der Waals surface area contributed by atoms with Gasteiger partial charge in [0.2, 0.25) is 5.43 Å². The Morgan fingerprint density at radius 2 is 1.77 bits per heavy atom. The molecule has 4 aromatic rings. The number of allylic oxidation sites excluding steroid dienone is 1. The molecule has 6 nitrogen and oxygen atoms in total. The Kier molecular flexibility index (Phi) is 7.54. The molecule has 0 bridgehead atoms. The summed E-state index contributed by atoms with van der Waals surface area (Å²) in [7, 11) is 0. The molecular formula is C25H23NO5. The summed E-state index contributed by atoms with van der Waals surface area (Å²) in [5.41, 5.74) is 2.39. The van der Waals surface area contributed by atoms with Crippen LogP contribution in [0.4, 0.5) is 0 Å². The van der Waals surface area contributed by atoms with E-state index in [-0.39, 0.29) is 11.4 Å². The normalized spacial score (nSPS) is 11.3. The topological polar surface area (TPSA) is 78.6 Å². The second kappa shape index (κ2) is 10.7. The highest BCUT2D eigenvalue weighted by molar-refractivity contribution is 5.88. The van der Waals surface area contributed by atoms with Crippen LogP contribution >= 0.6 is 0 Å². The van der Waals surface area contributed by atoms with Crippen LogP contribution in [0.25, 0.3) is 21.9 Å². The van der Waals surface area contributed by atoms with Crippen molar-refractivity contribution in [1.29, 1.82) is 0 Å². The molecule has 31 heavy (non-hydrogen) atoms. The van der Waals surface area contributed by atoms with E-state index in [0.29, 0.717) is 28.5 Å². The molecule has 5 rings (SSSR count). The van der Waals surface area contributed by atoms with Crippen LogP contribution in [-0.2, 0) is 16.0 Å². The Morgan fingerprint density at radius 3 is 2.52 bits per heavy atom. The Balaban J connectivity index is 0.000000147. The molecule has 1 aliphatic heterocycles. The summed E-state index contributed by atoms with van der Waals surface area (Å²) < 4.78 is 15.2. The summed E-state index contributed by atoms with van der Waals surface area (Å²) in [6.07, 6.45) is 7.90. The summed E-state index contributed by atoms with van der Waals surface area (Å²) in [5, 5.41) is 1.18. The third-order valence-corrected chi connectivity index (χ3v) is 4.33. The predicted molar refractivity (Wildman–Crippen MR) is 120 cm³/mol. The zero-order chi connectivity index (χ0) is 22.1. The van der Waals surface area contributed by atoms with Crippen LogP contribution < -0.4 is 10.2 Å². The number of hydrogen-bond acceptors (Lipinski definition) is 6. The molecule has 2 aromatic heterocycles. The first-order valence-corrected chi connectivity index (χ1v) is 9.88. The number of carbonyl (C=O) groups excluding carboxylic acids is 1. The molecule has 1 aliphatic rings. The minimum Gasteiger partial charge on any atom is -0.466 e. The van der Waals surface area contributed by atoms with E-state index in [2.05, 4.69) is 15.8 Å². The van der Waals surface area contributed by atoms with Gasteiger partial charge in [0, 0.05) is 13.1 Å². The number of pyridine rings is 1. The van der Waals surface area contributed by atoms with Gasteiger partial charge in [0.15, 0.2) is 5.58 Å². The number of ether oxygens (including phenoxy) is 2. The molecule has 2 aromatic carbocycles. The first-order valence-electron chi connectivity index (χ1n) is 9.88. The van der Waals surface area contributed by atoms with E-state index in [1.807, 2.05) is 36.4 Å². The van der Waals surface area contributed by atoms with Crippen LogP contribution in [-0.4, -0.2) is 17.6 Å². The number of aromatic nitrogens is 1. The second-order valence-corrected chi connectivity index (χ2v) is 6.53. The molecule has 158 valence electrons. The van der Waals surface area contributed by atoms with Gasteiger partial charge in [-0.25, -0.2) is 0 Å². The molecule has 0 saturated carbocycles. The number of para-hydroxylation sites is 2. The number of carbonyl (C=O) groups is 1. The van der Waals surface area contributed by atoms with Gasteiger partial charge in [-0.2, -0.15) is 0 Å². The quantitative estimate of drug-likeness (QED) is 0.319. The van der Waals surface area contributed by atoms with Gasteiger partial charge in [-0.05, 0) is 49.2 Å². The SMILES string of the molecule is C1=COc2ccccc2C1.CCOC(C)=O.O=c1c2ccccc2oc2cnccc12. The minimum absolute atomic E-state index is 0.00532. The van der Waals surface area contributed by atoms with E-state index in [1.165, 1.54) is 12.5 Å². The van der Waals surface area contributed by atoms with Gasteiger partial charge in [0.1, 0.15) is 11.3 Å². The number of rotatable bonds is 1. The van der Waals surface area contributed by atoms with Crippen molar-refractivity contribution in [1.82, 2.24) is 4.98 Å². The highest BCUT2D eigenvalue weighted by atomic mass is 16.5. The molecule has 0 saturated heterocycles. The number of fused-ring (bicyclic) bond motifs is 3. The fourth-order valence-corrected chi connectivity index (χ4v) is 2.94. The average molecular weight is 417 g/mol. The van der Waals surface area contributed by atoms with Crippen molar-refractivity contribution in [3.05, 3.63) is 95.1 Å². The van der Waals surface area contributed by atoms with Gasteiger partial charge in [-0.15, -0.1) is 0 Å². The van der Waals surface area contributed by atoms with Crippen molar-refractivity contribution in [3.8, 4) is 5.75 Å². The maximum Gasteiger partial charge on any atom is 0.302 e. The van der Waals surface area contributed by atoms with Crippen molar-refractivity contribution in [2.75, 3.05) is 6.61 Å². The van der Waals surface area contributed by atoms with Crippen LogP contribution in [0.3, 0.4) is 0 Å². The molecule has 0 spiro atoms. The Bertz CT molecular complexity index is 1180. The first-order chi connectivity index (χ1) is 15.1. The van der Waals surface area contributed by atoms with Crippen LogP contribution in [0, 0.1) is 0 Å². The van der Waals surface area contributed by atoms with Crippen molar-refractivity contribution < 1.29 is 18.7 Å². The standard InChI is InChI=1S/C12H7NO2.C9H8O.C4H8O2/c14-12-8-3-1-2-4-10(8)15-11-7-13-6-5-9(11)12;1-2-6-9-8(4-1)5-3-7-10-9;1-3-6-4(2)5/h1-7H;1-4,6-7H,5H2;3H2,1-2H3. The summed E-state index contributed by atoms with van der Waals surface area (Å²) in [4.78, 5) is 25.7. The maximum atomic E-state index is 12.0. The lowest BCUT2D eigenvalue weighted by Crippen LogP contribution is -2.01. The molecule has 0 fully saturated rings. The maximum absolute atomic E-state index is 12.0. The number of benzene rings is 2. The summed E-state index contributed by atoms with van der Waals surface area (Å²) in [5.74, 6) is 0.780. The molecule has 0 unspecified atom stereocenters. The lowest BCUT2D eigenvalue weighted by atomic mass is 10.1. The average Bonchev–Trinajstić information content (AvgIpc) is 2.80. The van der Waals surface area contributed by atoms with Gasteiger partial charge in [-0.3, -0.25) is 14.6 Å². The Morgan fingerprint density at radius 1 is 1.03 bits per heavy atom. The van der Waals surface area contributed by atoms with E-state index >= 15 is 0 Å². The van der Waals surface area contributed by atoms with E-state index in [0.717, 1.165) is 12.2 Å². The zero-order valence-corrected chi connectivity index (χ0v) is 17.4. The van der Waals surface area contributed by atoms with Gasteiger partial charge in [0.05, 0.1) is 29.8 Å². The largest absolute Gasteiger partial charge is 0.466 e. The van der Waals surface area contributed by atoms with E-state index in [9.17, 15) is 9.59 Å². The lowest BCUT2D eigenvalue weighted by molar-refractivity contribution is -0.140. The molecule has 3 heterocycles. The number of hydrogen-bond donors (Lipinski definition) is 0. The van der Waals surface area contributed by atoms with Gasteiger partial charge in [0.25, 0.3) is 0 Å². The van der Waals surface area contributed by atoms with Crippen LogP contribution in [0.15, 0.2) is 88.5 Å². The monoisotopic (exact) mass is 417 g/mol. The van der Waals surface area contributed by atoms with Gasteiger partial charge in [-0.1, -0.05) is 30.3 Å². The lowest BCUT2D eigenvalue weighted by Gasteiger charge is -2.09. The number of esters is 1. The minimum atomic E-state index is -0.211. The van der Waals surface area contributed by atoms with E-state index < -0.39 is 0 Å². The molecule has 6 heteroatoms. The predicted octanol–water partition coefficient (Wildman–Crippen LogP) is 5.05. The molecule has 0 radical (unpaired) electrons. The third-order valence-electron chi connectivity index (χ3n) is 4.33. The van der Waals surface area contributed by atoms with Gasteiger partial charge >= 0.3 is 5.97 Å². The van der Waals surface area contributed by atoms with Crippen LogP contribution in [0.5, 0.6) is 5.75 Å². The van der Waals surface area contributed by atoms with Gasteiger partial charge < -0.3 is 13.9 Å². The molecule has 0 aliphatic carbocycles. The summed E-state index contributed by atoms with van der Waals surface area (Å²) in [6.45, 7) is 3.65. The van der Waals surface area contributed by atoms with E-state index in [4.69, 9.17) is 9.15 Å². The number of nitrogens with zero attached hydrogens (tertiary/aromatic N) is 1. The second-order valence-electron chi connectivity index (χ2n) is 6.53.